The third kappa shape index (κ3) is 3.80. The number of hydrogen-bond acceptors (Lipinski definition) is 4. The molecular formula is C11H20O4. The van der Waals surface area contributed by atoms with Crippen LogP contribution in [0.15, 0.2) is 0 Å². The topological polar surface area (TPSA) is 55.8 Å². The zero-order valence-corrected chi connectivity index (χ0v) is 9.66. The van der Waals surface area contributed by atoms with E-state index < -0.39 is 11.5 Å². The van der Waals surface area contributed by atoms with Crippen molar-refractivity contribution >= 4 is 5.97 Å². The molecule has 1 saturated heterocycles. The zero-order chi connectivity index (χ0) is 11.5. The van der Waals surface area contributed by atoms with Gasteiger partial charge in [0.05, 0.1) is 11.5 Å². The highest BCUT2D eigenvalue weighted by Crippen LogP contribution is 2.18. The second-order valence-electron chi connectivity index (χ2n) is 4.97. The number of carbonyl (C=O) groups excluding carboxylic acids is 1. The van der Waals surface area contributed by atoms with Gasteiger partial charge in [0.25, 0.3) is 0 Å². The van der Waals surface area contributed by atoms with Gasteiger partial charge >= 0.3 is 5.97 Å². The van der Waals surface area contributed by atoms with E-state index in [1.165, 1.54) is 0 Å². The Hall–Kier alpha value is -0.610. The number of rotatable bonds is 3. The summed E-state index contributed by atoms with van der Waals surface area (Å²) in [4.78, 5) is 11.4. The number of carbonyl (C=O) groups is 1. The number of hydrogen-bond donors (Lipinski definition) is 1. The Balaban J connectivity index is 2.27. The Morgan fingerprint density at radius 3 is 2.73 bits per heavy atom. The summed E-state index contributed by atoms with van der Waals surface area (Å²) in [7, 11) is 0. The summed E-state index contributed by atoms with van der Waals surface area (Å²) in [5.74, 6) is -0.292. The van der Waals surface area contributed by atoms with Crippen LogP contribution in [0.4, 0.5) is 0 Å². The monoisotopic (exact) mass is 216 g/mol. The van der Waals surface area contributed by atoms with Gasteiger partial charge in [0.15, 0.2) is 0 Å². The molecule has 0 radical (unpaired) electrons. The first-order valence-corrected chi connectivity index (χ1v) is 5.38. The van der Waals surface area contributed by atoms with Crippen molar-refractivity contribution in [3.8, 4) is 0 Å². The summed E-state index contributed by atoms with van der Waals surface area (Å²) < 4.78 is 10.3. The van der Waals surface area contributed by atoms with Crippen molar-refractivity contribution in [1.82, 2.24) is 0 Å². The Bertz CT molecular complexity index is 213. The van der Waals surface area contributed by atoms with Gasteiger partial charge in [-0.15, -0.1) is 0 Å². The van der Waals surface area contributed by atoms with Gasteiger partial charge in [-0.25, -0.2) is 0 Å². The van der Waals surface area contributed by atoms with Gasteiger partial charge in [0, 0.05) is 6.61 Å². The van der Waals surface area contributed by atoms with E-state index in [0.717, 1.165) is 12.8 Å². The first-order valence-electron chi connectivity index (χ1n) is 5.38. The van der Waals surface area contributed by atoms with Crippen LogP contribution in [0.1, 0.15) is 33.6 Å². The lowest BCUT2D eigenvalue weighted by Crippen LogP contribution is -2.33. The summed E-state index contributed by atoms with van der Waals surface area (Å²) in [6, 6.07) is 0. The maximum absolute atomic E-state index is 11.4. The maximum atomic E-state index is 11.4. The van der Waals surface area contributed by atoms with Crippen LogP contribution in [0, 0.1) is 5.41 Å². The SMILES string of the molecule is CC(C)(C)C(=O)OC[C@@H](O)C1CCCO1. The molecule has 0 aromatic rings. The summed E-state index contributed by atoms with van der Waals surface area (Å²) in [6.07, 6.45) is 0.944. The van der Waals surface area contributed by atoms with E-state index in [2.05, 4.69) is 0 Å². The maximum Gasteiger partial charge on any atom is 0.311 e. The molecule has 0 spiro atoms. The third-order valence-electron chi connectivity index (χ3n) is 2.39. The first-order chi connectivity index (χ1) is 6.91. The van der Waals surface area contributed by atoms with Crippen molar-refractivity contribution < 1.29 is 19.4 Å². The molecule has 1 aliphatic heterocycles. The van der Waals surface area contributed by atoms with Gasteiger partial charge in [-0.3, -0.25) is 4.79 Å². The molecule has 88 valence electrons. The van der Waals surface area contributed by atoms with E-state index in [1.54, 1.807) is 20.8 Å². The molecule has 1 unspecified atom stereocenters. The van der Waals surface area contributed by atoms with Crippen LogP contribution in [0.3, 0.4) is 0 Å². The molecule has 0 bridgehead atoms. The van der Waals surface area contributed by atoms with Crippen molar-refractivity contribution in [2.75, 3.05) is 13.2 Å². The van der Waals surface area contributed by atoms with E-state index in [9.17, 15) is 9.90 Å². The van der Waals surface area contributed by atoms with E-state index in [0.29, 0.717) is 6.61 Å². The highest BCUT2D eigenvalue weighted by atomic mass is 16.6. The van der Waals surface area contributed by atoms with Gasteiger partial charge in [-0.05, 0) is 33.6 Å². The van der Waals surface area contributed by atoms with E-state index in [4.69, 9.17) is 9.47 Å². The van der Waals surface area contributed by atoms with Crippen LogP contribution < -0.4 is 0 Å². The lowest BCUT2D eigenvalue weighted by atomic mass is 9.97. The largest absolute Gasteiger partial charge is 0.462 e. The van der Waals surface area contributed by atoms with Crippen molar-refractivity contribution in [3.05, 3.63) is 0 Å². The number of aliphatic hydroxyl groups is 1. The number of ether oxygens (including phenoxy) is 2. The normalized spacial score (nSPS) is 23.9. The fraction of sp³-hybridized carbons (Fsp3) is 0.909. The summed E-state index contributed by atoms with van der Waals surface area (Å²) >= 11 is 0. The molecule has 15 heavy (non-hydrogen) atoms. The van der Waals surface area contributed by atoms with Crippen molar-refractivity contribution in [2.45, 2.75) is 45.8 Å². The first kappa shape index (κ1) is 12.5. The van der Waals surface area contributed by atoms with Gasteiger partial charge in [0.2, 0.25) is 0 Å². The minimum atomic E-state index is -0.696. The predicted octanol–water partition coefficient (Wildman–Crippen LogP) is 1.12. The van der Waals surface area contributed by atoms with Crippen molar-refractivity contribution in [1.29, 1.82) is 0 Å². The standard InChI is InChI=1S/C11H20O4/c1-11(2,3)10(13)15-7-8(12)9-5-4-6-14-9/h8-9,12H,4-7H2,1-3H3/t8-,9?/m1/s1. The average molecular weight is 216 g/mol. The van der Waals surface area contributed by atoms with Crippen LogP contribution in [-0.4, -0.2) is 36.5 Å². The Labute approximate surface area is 90.6 Å². The molecule has 4 heteroatoms. The lowest BCUT2D eigenvalue weighted by molar-refractivity contribution is -0.158. The van der Waals surface area contributed by atoms with E-state index in [1.807, 2.05) is 0 Å². The van der Waals surface area contributed by atoms with Crippen LogP contribution in [0.2, 0.25) is 0 Å². The Morgan fingerprint density at radius 2 is 2.27 bits per heavy atom. The molecule has 1 heterocycles. The highest BCUT2D eigenvalue weighted by Gasteiger charge is 2.28. The fourth-order valence-electron chi connectivity index (χ4n) is 1.39. The third-order valence-corrected chi connectivity index (χ3v) is 2.39. The van der Waals surface area contributed by atoms with E-state index in [-0.39, 0.29) is 18.7 Å². The van der Waals surface area contributed by atoms with Crippen LogP contribution >= 0.6 is 0 Å². The Morgan fingerprint density at radius 1 is 1.60 bits per heavy atom. The van der Waals surface area contributed by atoms with Crippen LogP contribution in [-0.2, 0) is 14.3 Å². The van der Waals surface area contributed by atoms with Crippen LogP contribution in [0.25, 0.3) is 0 Å². The highest BCUT2D eigenvalue weighted by molar-refractivity contribution is 5.75. The molecule has 0 amide bonds. The molecule has 1 rings (SSSR count). The second-order valence-corrected chi connectivity index (χ2v) is 4.97. The van der Waals surface area contributed by atoms with Crippen LogP contribution in [0.5, 0.6) is 0 Å². The molecular weight excluding hydrogens is 196 g/mol. The zero-order valence-electron chi connectivity index (χ0n) is 9.66. The summed E-state index contributed by atoms with van der Waals surface area (Å²) in [6.45, 7) is 6.07. The molecule has 0 saturated carbocycles. The van der Waals surface area contributed by atoms with Crippen molar-refractivity contribution in [2.24, 2.45) is 5.41 Å². The minimum Gasteiger partial charge on any atom is -0.462 e. The molecule has 0 aliphatic carbocycles. The van der Waals surface area contributed by atoms with Crippen molar-refractivity contribution in [3.63, 3.8) is 0 Å². The van der Waals surface area contributed by atoms with Gasteiger partial charge in [0.1, 0.15) is 12.7 Å². The molecule has 1 N–H and O–H groups in total. The molecule has 0 aromatic carbocycles. The Kier molecular flexibility index (Phi) is 4.11. The lowest BCUT2D eigenvalue weighted by Gasteiger charge is -2.21. The van der Waals surface area contributed by atoms with Gasteiger partial charge < -0.3 is 14.6 Å². The molecule has 2 atom stereocenters. The number of aliphatic hydroxyl groups excluding tert-OH is 1. The molecule has 4 nitrogen and oxygen atoms in total. The van der Waals surface area contributed by atoms with Gasteiger partial charge in [-0.1, -0.05) is 0 Å². The molecule has 1 aliphatic rings. The molecule has 0 aromatic heterocycles. The smallest absolute Gasteiger partial charge is 0.311 e. The quantitative estimate of drug-likeness (QED) is 0.718. The minimum absolute atomic E-state index is 0.0285. The average Bonchev–Trinajstić information content (AvgIpc) is 2.64. The second kappa shape index (κ2) is 4.94. The van der Waals surface area contributed by atoms with E-state index >= 15 is 0 Å². The fourth-order valence-corrected chi connectivity index (χ4v) is 1.39. The number of esters is 1. The predicted molar refractivity (Wildman–Crippen MR) is 55.4 cm³/mol. The summed E-state index contributed by atoms with van der Waals surface area (Å²) in [5, 5.41) is 9.66. The summed E-state index contributed by atoms with van der Waals surface area (Å²) in [5.41, 5.74) is -0.518. The molecule has 1 fully saturated rings. The van der Waals surface area contributed by atoms with Gasteiger partial charge in [-0.2, -0.15) is 0 Å².